The van der Waals surface area contributed by atoms with Crippen molar-refractivity contribution < 1.29 is 19.4 Å². The molecule has 0 spiro atoms. The van der Waals surface area contributed by atoms with E-state index in [0.717, 1.165) is 37.8 Å². The van der Waals surface area contributed by atoms with Gasteiger partial charge in [0.1, 0.15) is 5.60 Å². The molecule has 1 heterocycles. The fourth-order valence-corrected chi connectivity index (χ4v) is 4.93. The number of nitrogens with zero attached hydrogens (tertiary/aromatic N) is 2. The number of ether oxygens (including phenoxy) is 2. The number of nitrogens with one attached hydrogen (secondary N) is 3. The number of aliphatic imine (C=N–C) groups is 2. The van der Waals surface area contributed by atoms with Gasteiger partial charge in [-0.05, 0) is 70.6 Å². The third kappa shape index (κ3) is 14.9. The summed E-state index contributed by atoms with van der Waals surface area (Å²) >= 11 is 0. The molecule has 1 aromatic carbocycles. The number of aliphatic hydroxyl groups excluding tert-OH is 1. The largest absolute Gasteiger partial charge is 0.479 e. The van der Waals surface area contributed by atoms with E-state index < -0.39 is 5.60 Å². The molecule has 1 aromatic rings. The van der Waals surface area contributed by atoms with E-state index in [4.69, 9.17) is 36.9 Å². The maximum Gasteiger partial charge on any atom is 0.339 e. The Balaban J connectivity index is 0.000000814. The molecular formula is C35H55N7O4. The summed E-state index contributed by atoms with van der Waals surface area (Å²) in [5.41, 5.74) is 14.1. The van der Waals surface area contributed by atoms with Gasteiger partial charge in [-0.3, -0.25) is 15.7 Å². The van der Waals surface area contributed by atoms with Crippen molar-refractivity contribution in [2.24, 2.45) is 21.5 Å². The van der Waals surface area contributed by atoms with E-state index in [2.05, 4.69) is 28.7 Å². The van der Waals surface area contributed by atoms with Crippen molar-refractivity contribution in [3.63, 3.8) is 0 Å². The van der Waals surface area contributed by atoms with Crippen LogP contribution in [0, 0.1) is 10.8 Å². The Hall–Kier alpha value is -3.93. The van der Waals surface area contributed by atoms with Crippen LogP contribution in [0.4, 0.5) is 0 Å². The second kappa shape index (κ2) is 23.4. The van der Waals surface area contributed by atoms with Gasteiger partial charge in [-0.2, -0.15) is 0 Å². The van der Waals surface area contributed by atoms with E-state index >= 15 is 0 Å². The zero-order chi connectivity index (χ0) is 34.2. The maximum atomic E-state index is 12.0. The first kappa shape index (κ1) is 40.1. The number of hydrogen-bond donors (Lipinski definition) is 6. The van der Waals surface area contributed by atoms with Gasteiger partial charge >= 0.3 is 5.97 Å². The molecule has 2 aliphatic rings. The summed E-state index contributed by atoms with van der Waals surface area (Å²) in [4.78, 5) is 20.0. The third-order valence-electron chi connectivity index (χ3n) is 7.48. The Kier molecular flexibility index (Phi) is 20.4. The Morgan fingerprint density at radius 1 is 1.13 bits per heavy atom. The number of hydrogen-bond acceptors (Lipinski definition) is 10. The topological polar surface area (TPSA) is 192 Å². The zero-order valence-electron chi connectivity index (χ0n) is 27.7. The van der Waals surface area contributed by atoms with Crippen molar-refractivity contribution in [3.8, 4) is 0 Å². The van der Waals surface area contributed by atoms with E-state index in [1.54, 1.807) is 0 Å². The molecule has 0 amide bonds. The van der Waals surface area contributed by atoms with E-state index in [-0.39, 0.29) is 30.3 Å². The molecule has 0 bridgehead atoms. The quantitative estimate of drug-likeness (QED) is 0.0429. The minimum absolute atomic E-state index is 0.0262. The molecule has 254 valence electrons. The highest BCUT2D eigenvalue weighted by Gasteiger charge is 2.41. The molecule has 0 saturated carbocycles. The van der Waals surface area contributed by atoms with Gasteiger partial charge in [0.15, 0.2) is 11.7 Å². The number of unbranched alkanes of at least 4 members (excludes halogenated alkanes) is 7. The summed E-state index contributed by atoms with van der Waals surface area (Å²) in [6, 6.07) is 9.97. The van der Waals surface area contributed by atoms with Gasteiger partial charge < -0.3 is 31.5 Å². The van der Waals surface area contributed by atoms with Crippen molar-refractivity contribution in [2.45, 2.75) is 89.7 Å². The minimum atomic E-state index is -0.586. The van der Waals surface area contributed by atoms with Crippen LogP contribution in [0.25, 0.3) is 0 Å². The highest BCUT2D eigenvalue weighted by atomic mass is 16.6. The van der Waals surface area contributed by atoms with Gasteiger partial charge in [-0.15, -0.1) is 0 Å². The number of nitrogens with two attached hydrogens (primary N) is 2. The van der Waals surface area contributed by atoms with Crippen LogP contribution in [0.2, 0.25) is 0 Å². The fraction of sp³-hybridized carbons (Fsp3) is 0.514. The molecule has 11 heteroatoms. The molecule has 11 nitrogen and oxygen atoms in total. The summed E-state index contributed by atoms with van der Waals surface area (Å²) in [7, 11) is 0. The summed E-state index contributed by atoms with van der Waals surface area (Å²) in [5.74, 6) is -0.222. The lowest BCUT2D eigenvalue weighted by Gasteiger charge is -2.25. The van der Waals surface area contributed by atoms with Crippen LogP contribution in [0.1, 0.15) is 77.2 Å². The second-order valence-electron chi connectivity index (χ2n) is 11.3. The first-order valence-electron chi connectivity index (χ1n) is 16.0. The number of benzene rings is 1. The van der Waals surface area contributed by atoms with E-state index in [1.807, 2.05) is 56.3 Å². The predicted molar refractivity (Wildman–Crippen MR) is 189 cm³/mol. The minimum Gasteiger partial charge on any atom is -0.479 e. The molecule has 8 N–H and O–H groups in total. The van der Waals surface area contributed by atoms with Gasteiger partial charge in [0.05, 0.1) is 24.4 Å². The lowest BCUT2D eigenvalue weighted by molar-refractivity contribution is -0.144. The van der Waals surface area contributed by atoms with E-state index in [0.29, 0.717) is 30.8 Å². The van der Waals surface area contributed by atoms with Gasteiger partial charge in [0.25, 0.3) is 0 Å². The molecule has 1 atom stereocenters. The first-order valence-corrected chi connectivity index (χ1v) is 16.0. The molecule has 1 aliphatic heterocycles. The average molecular weight is 638 g/mol. The standard InChI is InChI=1S/C26H42N6O3.C8H10O.CH3N/c1-26(2)22-16-19(12-13-20(22)25(33)35-26)32-18-31-17-21(23(28)30-3)24(29)34-15-11-9-7-5-4-6-8-10-14-27;9-7-6-8-4-2-1-3-5-8;1-2/h12-13,17,19,28,32H,3-11,14-16,18,27,29H2,1-2H3;1-5,9H,6-7H2;2H,1H2/b24-21+,28-23?,31-17-;;. The van der Waals surface area contributed by atoms with Crippen LogP contribution >= 0.6 is 0 Å². The predicted octanol–water partition coefficient (Wildman–Crippen LogP) is 5.00. The van der Waals surface area contributed by atoms with Crippen molar-refractivity contribution in [2.75, 3.05) is 26.4 Å². The van der Waals surface area contributed by atoms with Crippen LogP contribution in [0.3, 0.4) is 0 Å². The number of carbonyl (C=O) groups excluding carboxylic acids is 1. The first-order chi connectivity index (χ1) is 22.2. The SMILES string of the molecule is C=N.C=NC(=N)C(/C=N\CNC1C=CC2=C(C1)C(C)(C)OC2=O)=C(\N)OCCCCCCCCCCN.OCCc1ccccc1. The molecule has 1 aliphatic carbocycles. The Bertz CT molecular complexity index is 1190. The number of amidine groups is 1. The smallest absolute Gasteiger partial charge is 0.339 e. The molecule has 3 rings (SSSR count). The van der Waals surface area contributed by atoms with Gasteiger partial charge in [0.2, 0.25) is 0 Å². The summed E-state index contributed by atoms with van der Waals surface area (Å²) in [5, 5.41) is 25.3. The van der Waals surface area contributed by atoms with Gasteiger partial charge in [-0.1, -0.05) is 81.0 Å². The fourth-order valence-electron chi connectivity index (χ4n) is 4.93. The zero-order valence-corrected chi connectivity index (χ0v) is 27.7. The molecule has 1 unspecified atom stereocenters. The lowest BCUT2D eigenvalue weighted by atomic mass is 9.86. The second-order valence-corrected chi connectivity index (χ2v) is 11.3. The molecule has 0 radical (unpaired) electrons. The molecule has 46 heavy (non-hydrogen) atoms. The molecule has 0 aromatic heterocycles. The van der Waals surface area contributed by atoms with Crippen LogP contribution in [0.15, 0.2) is 75.1 Å². The van der Waals surface area contributed by atoms with Gasteiger partial charge in [0, 0.05) is 18.9 Å². The molecular weight excluding hydrogens is 582 g/mol. The van der Waals surface area contributed by atoms with Crippen LogP contribution < -0.4 is 16.8 Å². The van der Waals surface area contributed by atoms with Crippen LogP contribution in [0.5, 0.6) is 0 Å². The molecule has 0 saturated heterocycles. The van der Waals surface area contributed by atoms with Crippen molar-refractivity contribution >= 4 is 31.5 Å². The third-order valence-corrected chi connectivity index (χ3v) is 7.48. The number of rotatable bonds is 18. The Morgan fingerprint density at radius 3 is 2.37 bits per heavy atom. The van der Waals surface area contributed by atoms with Crippen LogP contribution in [-0.2, 0) is 20.7 Å². The van der Waals surface area contributed by atoms with E-state index in [9.17, 15) is 4.79 Å². The van der Waals surface area contributed by atoms with Crippen molar-refractivity contribution in [1.82, 2.24) is 5.32 Å². The average Bonchev–Trinajstić information content (AvgIpc) is 3.30. The normalized spacial score (nSPS) is 16.8. The summed E-state index contributed by atoms with van der Waals surface area (Å²) in [6.45, 7) is 11.5. The number of esters is 1. The lowest BCUT2D eigenvalue weighted by Crippen LogP contribution is -2.33. The maximum absolute atomic E-state index is 12.0. The highest BCUT2D eigenvalue weighted by Crippen LogP contribution is 2.38. The summed E-state index contributed by atoms with van der Waals surface area (Å²) < 4.78 is 11.1. The van der Waals surface area contributed by atoms with Crippen LogP contribution in [-0.4, -0.2) is 74.6 Å². The van der Waals surface area contributed by atoms with Gasteiger partial charge in [-0.25, -0.2) is 9.79 Å². The monoisotopic (exact) mass is 637 g/mol. The summed E-state index contributed by atoms with van der Waals surface area (Å²) in [6.07, 6.45) is 15.9. The number of carbonyl (C=O) groups is 1. The Labute approximate surface area is 275 Å². The highest BCUT2D eigenvalue weighted by molar-refractivity contribution is 6.15. The Morgan fingerprint density at radius 2 is 1.76 bits per heavy atom. The van der Waals surface area contributed by atoms with Crippen molar-refractivity contribution in [1.29, 1.82) is 10.8 Å². The number of cyclic esters (lactones) is 1. The number of aliphatic hydroxyl groups is 1. The molecule has 0 fully saturated rings. The van der Waals surface area contributed by atoms with Crippen molar-refractivity contribution in [3.05, 3.63) is 70.6 Å². The van der Waals surface area contributed by atoms with E-state index in [1.165, 1.54) is 43.9 Å².